The molecule has 0 aliphatic carbocycles. The molecular weight excluding hydrogens is 439 g/mol. The summed E-state index contributed by atoms with van der Waals surface area (Å²) in [6.07, 6.45) is 1.56. The van der Waals surface area contributed by atoms with Gasteiger partial charge in [-0.15, -0.1) is 0 Å². The van der Waals surface area contributed by atoms with Crippen molar-refractivity contribution in [3.8, 4) is 11.5 Å². The molecule has 2 aliphatic heterocycles. The maximum Gasteiger partial charge on any atom is 0.338 e. The lowest BCUT2D eigenvalue weighted by Gasteiger charge is -2.28. The first-order chi connectivity index (χ1) is 16.7. The van der Waals surface area contributed by atoms with Crippen LogP contribution in [0.25, 0.3) is 0 Å². The van der Waals surface area contributed by atoms with Crippen molar-refractivity contribution in [2.24, 2.45) is 0 Å². The Morgan fingerprint density at radius 3 is 2.62 bits per heavy atom. The zero-order chi connectivity index (χ0) is 23.3. The molecule has 6 nitrogen and oxygen atoms in total. The zero-order valence-corrected chi connectivity index (χ0v) is 18.6. The monoisotopic (exact) mass is 464 g/mol. The molecule has 0 aromatic heterocycles. The SMILES string of the molecule is O=C(OCc1cc(F)cc2c1O[C@H](c1ccccc1)OC2)c1ccc(OC[C@@H]2CCCO2)cc1. The summed E-state index contributed by atoms with van der Waals surface area (Å²) in [7, 11) is 0. The van der Waals surface area contributed by atoms with Crippen molar-refractivity contribution < 1.29 is 32.9 Å². The highest BCUT2D eigenvalue weighted by Gasteiger charge is 2.26. The molecule has 0 radical (unpaired) electrons. The van der Waals surface area contributed by atoms with Crippen LogP contribution in [0.5, 0.6) is 11.5 Å². The van der Waals surface area contributed by atoms with Crippen molar-refractivity contribution in [3.63, 3.8) is 0 Å². The van der Waals surface area contributed by atoms with Gasteiger partial charge in [-0.1, -0.05) is 30.3 Å². The third-order valence-electron chi connectivity index (χ3n) is 5.80. The summed E-state index contributed by atoms with van der Waals surface area (Å²) in [6, 6.07) is 18.9. The number of hydrogen-bond donors (Lipinski definition) is 0. The van der Waals surface area contributed by atoms with Crippen LogP contribution in [0.3, 0.4) is 0 Å². The summed E-state index contributed by atoms with van der Waals surface area (Å²) in [5, 5.41) is 0. The maximum absolute atomic E-state index is 14.2. The summed E-state index contributed by atoms with van der Waals surface area (Å²) in [5.74, 6) is 0.178. The molecule has 3 aromatic rings. The molecule has 0 unspecified atom stereocenters. The Balaban J connectivity index is 1.22. The normalized spacial score (nSPS) is 19.2. The first-order valence-corrected chi connectivity index (χ1v) is 11.3. The Morgan fingerprint density at radius 1 is 1.03 bits per heavy atom. The number of carbonyl (C=O) groups is 1. The Morgan fingerprint density at radius 2 is 1.85 bits per heavy atom. The van der Waals surface area contributed by atoms with Crippen LogP contribution < -0.4 is 9.47 Å². The molecule has 0 spiro atoms. The predicted octanol–water partition coefficient (Wildman–Crippen LogP) is 5.35. The molecule has 2 heterocycles. The highest BCUT2D eigenvalue weighted by molar-refractivity contribution is 5.89. The van der Waals surface area contributed by atoms with Gasteiger partial charge < -0.3 is 23.7 Å². The molecule has 0 bridgehead atoms. The van der Waals surface area contributed by atoms with Gasteiger partial charge in [0, 0.05) is 23.3 Å². The van der Waals surface area contributed by atoms with Gasteiger partial charge in [0.2, 0.25) is 6.29 Å². The number of esters is 1. The topological polar surface area (TPSA) is 63.2 Å². The minimum atomic E-state index is -0.615. The molecule has 0 N–H and O–H groups in total. The minimum Gasteiger partial charge on any atom is -0.491 e. The van der Waals surface area contributed by atoms with Crippen LogP contribution >= 0.6 is 0 Å². The largest absolute Gasteiger partial charge is 0.491 e. The van der Waals surface area contributed by atoms with Gasteiger partial charge in [-0.25, -0.2) is 9.18 Å². The van der Waals surface area contributed by atoms with Crippen LogP contribution in [-0.2, 0) is 27.4 Å². The van der Waals surface area contributed by atoms with E-state index >= 15 is 0 Å². The van der Waals surface area contributed by atoms with Crippen molar-refractivity contribution in [2.45, 2.75) is 38.4 Å². The molecule has 5 rings (SSSR count). The lowest BCUT2D eigenvalue weighted by molar-refractivity contribution is -0.112. The molecule has 0 amide bonds. The molecular formula is C27H25FO6. The second-order valence-corrected chi connectivity index (χ2v) is 8.27. The van der Waals surface area contributed by atoms with Crippen LogP contribution in [-0.4, -0.2) is 25.3 Å². The fourth-order valence-electron chi connectivity index (χ4n) is 4.04. The van der Waals surface area contributed by atoms with E-state index in [2.05, 4.69) is 0 Å². The second-order valence-electron chi connectivity index (χ2n) is 8.27. The number of hydrogen-bond acceptors (Lipinski definition) is 6. The average molecular weight is 464 g/mol. The smallest absolute Gasteiger partial charge is 0.338 e. The van der Waals surface area contributed by atoms with E-state index in [-0.39, 0.29) is 19.3 Å². The van der Waals surface area contributed by atoms with E-state index in [0.717, 1.165) is 25.0 Å². The maximum atomic E-state index is 14.2. The minimum absolute atomic E-state index is 0.121. The van der Waals surface area contributed by atoms with E-state index in [9.17, 15) is 9.18 Å². The fourth-order valence-corrected chi connectivity index (χ4v) is 4.04. The van der Waals surface area contributed by atoms with E-state index < -0.39 is 18.1 Å². The zero-order valence-electron chi connectivity index (χ0n) is 18.6. The molecule has 34 heavy (non-hydrogen) atoms. The third kappa shape index (κ3) is 5.21. The molecule has 2 atom stereocenters. The standard InChI is InChI=1S/C27H25FO6/c28-22-13-20(25-21(14-22)16-33-27(34-25)19-5-2-1-3-6-19)15-32-26(29)18-8-10-23(11-9-18)31-17-24-7-4-12-30-24/h1-3,5-6,8-11,13-14,24,27H,4,7,12,15-17H2/t24-,27+/m0/s1. The number of ether oxygens (including phenoxy) is 5. The number of benzene rings is 3. The average Bonchev–Trinajstić information content (AvgIpc) is 3.40. The molecule has 3 aromatic carbocycles. The van der Waals surface area contributed by atoms with Gasteiger partial charge in [0.15, 0.2) is 0 Å². The van der Waals surface area contributed by atoms with Gasteiger partial charge in [-0.05, 0) is 49.2 Å². The first kappa shape index (κ1) is 22.4. The van der Waals surface area contributed by atoms with Crippen LogP contribution in [0.2, 0.25) is 0 Å². The van der Waals surface area contributed by atoms with Gasteiger partial charge in [0.05, 0.1) is 18.3 Å². The molecule has 7 heteroatoms. The number of carbonyl (C=O) groups excluding carboxylic acids is 1. The Kier molecular flexibility index (Phi) is 6.74. The van der Waals surface area contributed by atoms with Crippen molar-refractivity contribution >= 4 is 5.97 Å². The lowest BCUT2D eigenvalue weighted by atomic mass is 10.1. The molecule has 2 aliphatic rings. The van der Waals surface area contributed by atoms with Gasteiger partial charge in [0.1, 0.15) is 30.5 Å². The Hall–Kier alpha value is -3.42. The first-order valence-electron chi connectivity index (χ1n) is 11.3. The molecule has 176 valence electrons. The van der Waals surface area contributed by atoms with E-state index in [1.807, 2.05) is 30.3 Å². The van der Waals surface area contributed by atoms with Gasteiger partial charge in [-0.2, -0.15) is 0 Å². The number of rotatable bonds is 7. The predicted molar refractivity (Wildman–Crippen MR) is 121 cm³/mol. The van der Waals surface area contributed by atoms with Crippen LogP contribution in [0.4, 0.5) is 4.39 Å². The van der Waals surface area contributed by atoms with Gasteiger partial charge in [0.25, 0.3) is 0 Å². The van der Waals surface area contributed by atoms with Crippen molar-refractivity contribution in [2.75, 3.05) is 13.2 Å². The molecule has 1 fully saturated rings. The summed E-state index contributed by atoms with van der Waals surface area (Å²) < 4.78 is 42.7. The summed E-state index contributed by atoms with van der Waals surface area (Å²) in [6.45, 7) is 1.33. The highest BCUT2D eigenvalue weighted by atomic mass is 19.1. The van der Waals surface area contributed by atoms with Crippen molar-refractivity contribution in [3.05, 3.63) is 94.8 Å². The summed E-state index contributed by atoms with van der Waals surface area (Å²) in [5.41, 5.74) is 2.25. The third-order valence-corrected chi connectivity index (χ3v) is 5.80. The molecule has 1 saturated heterocycles. The lowest BCUT2D eigenvalue weighted by Crippen LogP contribution is -2.20. The Bertz CT molecular complexity index is 1130. The van der Waals surface area contributed by atoms with Gasteiger partial charge in [-0.3, -0.25) is 0 Å². The van der Waals surface area contributed by atoms with E-state index in [1.165, 1.54) is 12.1 Å². The van der Waals surface area contributed by atoms with E-state index in [1.54, 1.807) is 24.3 Å². The second kappa shape index (κ2) is 10.2. The van der Waals surface area contributed by atoms with E-state index in [4.69, 9.17) is 23.7 Å². The summed E-state index contributed by atoms with van der Waals surface area (Å²) >= 11 is 0. The van der Waals surface area contributed by atoms with Crippen molar-refractivity contribution in [1.82, 2.24) is 0 Å². The van der Waals surface area contributed by atoms with E-state index in [0.29, 0.717) is 34.8 Å². The van der Waals surface area contributed by atoms with Crippen LogP contribution in [0, 0.1) is 5.82 Å². The quantitative estimate of drug-likeness (QED) is 0.440. The fraction of sp³-hybridized carbons (Fsp3) is 0.296. The van der Waals surface area contributed by atoms with Crippen molar-refractivity contribution in [1.29, 1.82) is 0 Å². The highest BCUT2D eigenvalue weighted by Crippen LogP contribution is 2.37. The number of fused-ring (bicyclic) bond motifs is 1. The van der Waals surface area contributed by atoms with Gasteiger partial charge >= 0.3 is 5.97 Å². The van der Waals surface area contributed by atoms with Crippen LogP contribution in [0.1, 0.15) is 46.2 Å². The number of halogens is 1. The Labute approximate surface area is 197 Å². The van der Waals surface area contributed by atoms with Crippen LogP contribution in [0.15, 0.2) is 66.7 Å². The molecule has 0 saturated carbocycles. The summed E-state index contributed by atoms with van der Waals surface area (Å²) in [4.78, 5) is 12.6.